The fourth-order valence-electron chi connectivity index (χ4n) is 2.82. The fraction of sp³-hybridized carbons (Fsp3) is 0.235. The molecule has 0 fully saturated rings. The van der Waals surface area contributed by atoms with E-state index in [-0.39, 0.29) is 17.0 Å². The highest BCUT2D eigenvalue weighted by atomic mass is 19.1. The third kappa shape index (κ3) is 2.76. The lowest BCUT2D eigenvalue weighted by atomic mass is 9.99. The number of benzene rings is 2. The van der Waals surface area contributed by atoms with Gasteiger partial charge in [-0.2, -0.15) is 0 Å². The van der Waals surface area contributed by atoms with Gasteiger partial charge in [0.2, 0.25) is 0 Å². The number of hydrogen-bond donors (Lipinski definition) is 0. The van der Waals surface area contributed by atoms with E-state index >= 15 is 0 Å². The first-order valence-electron chi connectivity index (χ1n) is 7.14. The van der Waals surface area contributed by atoms with Crippen LogP contribution in [-0.4, -0.2) is 19.6 Å². The van der Waals surface area contributed by atoms with Crippen LogP contribution in [0.5, 0.6) is 5.75 Å². The van der Waals surface area contributed by atoms with E-state index in [1.54, 1.807) is 0 Å². The van der Waals surface area contributed by atoms with Crippen molar-refractivity contribution in [1.29, 1.82) is 0 Å². The summed E-state index contributed by atoms with van der Waals surface area (Å²) in [5, 5.41) is 0. The lowest BCUT2D eigenvalue weighted by Crippen LogP contribution is -2.36. The Labute approximate surface area is 131 Å². The maximum Gasteiger partial charge on any atom is 0.262 e. The number of fused-ring (bicyclic) bond motifs is 1. The molecule has 0 bridgehead atoms. The molecule has 3 rings (SSSR count). The lowest BCUT2D eigenvalue weighted by Gasteiger charge is -2.30. The smallest absolute Gasteiger partial charge is 0.262 e. The van der Waals surface area contributed by atoms with Crippen molar-refractivity contribution in [3.05, 3.63) is 58.9 Å². The molecule has 2 aromatic carbocycles. The Morgan fingerprint density at radius 3 is 2.65 bits per heavy atom. The van der Waals surface area contributed by atoms with E-state index in [4.69, 9.17) is 4.74 Å². The average Bonchev–Trinajstić information content (AvgIpc) is 2.53. The van der Waals surface area contributed by atoms with Crippen LogP contribution in [0.1, 0.15) is 22.3 Å². The number of carbonyl (C=O) groups is 1. The van der Waals surface area contributed by atoms with Gasteiger partial charge < -0.3 is 9.64 Å². The summed E-state index contributed by atoms with van der Waals surface area (Å²) in [4.78, 5) is 14.0. The van der Waals surface area contributed by atoms with Crippen molar-refractivity contribution in [2.75, 3.05) is 18.6 Å². The monoisotopic (exact) mass is 321 g/mol. The number of ether oxygens (including phenoxy) is 1. The first-order chi connectivity index (χ1) is 11.0. The summed E-state index contributed by atoms with van der Waals surface area (Å²) in [6.45, 7) is 0.300. The van der Waals surface area contributed by atoms with Gasteiger partial charge in [-0.15, -0.1) is 0 Å². The SMILES string of the molecule is COc1ccc(F)cc1C(=O)N1CCCc2c(F)cc(F)cc21. The highest BCUT2D eigenvalue weighted by Crippen LogP contribution is 2.33. The zero-order valence-corrected chi connectivity index (χ0v) is 12.4. The molecule has 0 aliphatic carbocycles. The molecule has 0 aromatic heterocycles. The summed E-state index contributed by atoms with van der Waals surface area (Å²) in [7, 11) is 1.37. The van der Waals surface area contributed by atoms with E-state index in [1.165, 1.54) is 24.1 Å². The molecule has 0 saturated heterocycles. The standard InChI is InChI=1S/C17H14F3NO2/c1-23-16-5-4-10(18)7-13(16)17(22)21-6-2-3-12-14(20)8-11(19)9-15(12)21/h4-5,7-9H,2-3,6H2,1H3. The molecule has 1 amide bonds. The molecule has 0 spiro atoms. The Morgan fingerprint density at radius 1 is 1.13 bits per heavy atom. The molecule has 0 N–H and O–H groups in total. The first-order valence-corrected chi connectivity index (χ1v) is 7.14. The second-order valence-corrected chi connectivity index (χ2v) is 5.29. The van der Waals surface area contributed by atoms with Crippen molar-refractivity contribution in [2.24, 2.45) is 0 Å². The molecule has 23 heavy (non-hydrogen) atoms. The van der Waals surface area contributed by atoms with Crippen LogP contribution in [0.25, 0.3) is 0 Å². The van der Waals surface area contributed by atoms with E-state index in [9.17, 15) is 18.0 Å². The molecular weight excluding hydrogens is 307 g/mol. The number of rotatable bonds is 2. The van der Waals surface area contributed by atoms with Crippen molar-refractivity contribution >= 4 is 11.6 Å². The van der Waals surface area contributed by atoms with Gasteiger partial charge in [0, 0.05) is 18.2 Å². The van der Waals surface area contributed by atoms with E-state index in [1.807, 2.05) is 0 Å². The van der Waals surface area contributed by atoms with Gasteiger partial charge >= 0.3 is 0 Å². The molecular formula is C17H14F3NO2. The van der Waals surface area contributed by atoms with Crippen LogP contribution in [0.2, 0.25) is 0 Å². The van der Waals surface area contributed by atoms with Crippen LogP contribution < -0.4 is 9.64 Å². The molecule has 0 unspecified atom stereocenters. The van der Waals surface area contributed by atoms with Gasteiger partial charge in [-0.25, -0.2) is 13.2 Å². The van der Waals surface area contributed by atoms with Gasteiger partial charge in [0.1, 0.15) is 23.2 Å². The van der Waals surface area contributed by atoms with Crippen molar-refractivity contribution in [3.8, 4) is 5.75 Å². The Morgan fingerprint density at radius 2 is 1.91 bits per heavy atom. The summed E-state index contributed by atoms with van der Waals surface area (Å²) in [6, 6.07) is 5.51. The maximum atomic E-state index is 13.9. The normalized spacial score (nSPS) is 13.7. The van der Waals surface area contributed by atoms with Gasteiger partial charge in [-0.3, -0.25) is 4.79 Å². The third-order valence-electron chi connectivity index (χ3n) is 3.87. The van der Waals surface area contributed by atoms with E-state index in [0.29, 0.717) is 24.9 Å². The van der Waals surface area contributed by atoms with E-state index in [0.717, 1.165) is 18.2 Å². The number of methoxy groups -OCH3 is 1. The Balaban J connectivity index is 2.08. The van der Waals surface area contributed by atoms with Crippen LogP contribution in [0.15, 0.2) is 30.3 Å². The zero-order chi connectivity index (χ0) is 16.6. The molecule has 0 saturated carbocycles. The summed E-state index contributed by atoms with van der Waals surface area (Å²) in [6.07, 6.45) is 0.963. The number of hydrogen-bond acceptors (Lipinski definition) is 2. The second-order valence-electron chi connectivity index (χ2n) is 5.29. The minimum atomic E-state index is -0.757. The Bertz CT molecular complexity index is 777. The molecule has 120 valence electrons. The highest BCUT2D eigenvalue weighted by Gasteiger charge is 2.28. The largest absolute Gasteiger partial charge is 0.496 e. The molecule has 6 heteroatoms. The number of halogens is 3. The van der Waals surface area contributed by atoms with Crippen molar-refractivity contribution in [2.45, 2.75) is 12.8 Å². The lowest BCUT2D eigenvalue weighted by molar-refractivity contribution is 0.0981. The number of carbonyl (C=O) groups excluding carboxylic acids is 1. The average molecular weight is 321 g/mol. The number of amides is 1. The molecule has 2 aromatic rings. The Kier molecular flexibility index (Phi) is 3.98. The molecule has 1 heterocycles. The highest BCUT2D eigenvalue weighted by molar-refractivity contribution is 6.08. The van der Waals surface area contributed by atoms with Crippen LogP contribution in [0.4, 0.5) is 18.9 Å². The van der Waals surface area contributed by atoms with Crippen molar-refractivity contribution in [3.63, 3.8) is 0 Å². The molecule has 1 aliphatic heterocycles. The maximum absolute atomic E-state index is 13.9. The number of anilines is 1. The van der Waals surface area contributed by atoms with Crippen LogP contribution in [-0.2, 0) is 6.42 Å². The molecule has 3 nitrogen and oxygen atoms in total. The van der Waals surface area contributed by atoms with Crippen LogP contribution in [0.3, 0.4) is 0 Å². The quantitative estimate of drug-likeness (QED) is 0.844. The van der Waals surface area contributed by atoms with Gasteiger partial charge in [-0.1, -0.05) is 0 Å². The van der Waals surface area contributed by atoms with Gasteiger partial charge in [-0.05, 0) is 37.1 Å². The third-order valence-corrected chi connectivity index (χ3v) is 3.87. The topological polar surface area (TPSA) is 29.5 Å². The predicted molar refractivity (Wildman–Crippen MR) is 79.3 cm³/mol. The van der Waals surface area contributed by atoms with Crippen LogP contribution >= 0.6 is 0 Å². The molecule has 0 radical (unpaired) electrons. The minimum absolute atomic E-state index is 0.0185. The van der Waals surface area contributed by atoms with Crippen LogP contribution in [0, 0.1) is 17.5 Å². The Hall–Kier alpha value is -2.50. The van der Waals surface area contributed by atoms with E-state index < -0.39 is 23.4 Å². The number of nitrogens with zero attached hydrogens (tertiary/aromatic N) is 1. The van der Waals surface area contributed by atoms with Gasteiger partial charge in [0.05, 0.1) is 18.4 Å². The fourth-order valence-corrected chi connectivity index (χ4v) is 2.82. The van der Waals surface area contributed by atoms with Crippen molar-refractivity contribution < 1.29 is 22.7 Å². The molecule has 0 atom stereocenters. The van der Waals surface area contributed by atoms with Crippen molar-refractivity contribution in [1.82, 2.24) is 0 Å². The first kappa shape index (κ1) is 15.4. The summed E-state index contributed by atoms with van der Waals surface area (Å²) in [5.74, 6) is -2.36. The van der Waals surface area contributed by atoms with Gasteiger partial charge in [0.15, 0.2) is 0 Å². The predicted octanol–water partition coefficient (Wildman–Crippen LogP) is 3.71. The second kappa shape index (κ2) is 5.95. The van der Waals surface area contributed by atoms with Gasteiger partial charge in [0.25, 0.3) is 5.91 Å². The van der Waals surface area contributed by atoms with E-state index in [2.05, 4.69) is 0 Å². The summed E-state index contributed by atoms with van der Waals surface area (Å²) in [5.41, 5.74) is 0.497. The zero-order valence-electron chi connectivity index (χ0n) is 12.4. The summed E-state index contributed by atoms with van der Waals surface area (Å²) >= 11 is 0. The minimum Gasteiger partial charge on any atom is -0.496 e. The summed E-state index contributed by atoms with van der Waals surface area (Å²) < 4.78 is 46.0. The molecule has 1 aliphatic rings.